The Hall–Kier alpha value is -3.73. The molecule has 0 amide bonds. The maximum atomic E-state index is 5.73. The van der Waals surface area contributed by atoms with Gasteiger partial charge in [-0.05, 0) is 43.3 Å². The molecular formula is C23H20N4O. The van der Waals surface area contributed by atoms with E-state index in [1.807, 2.05) is 73.8 Å². The number of nitrogens with one attached hydrogen (secondary N) is 1. The molecule has 1 aromatic carbocycles. The first-order valence-electron chi connectivity index (χ1n) is 9.07. The number of aromatic nitrogens is 3. The molecule has 0 fully saturated rings. The largest absolute Gasteiger partial charge is 0.439 e. The summed E-state index contributed by atoms with van der Waals surface area (Å²) < 4.78 is 5.73. The number of hydrogen-bond donors (Lipinski definition) is 1. The molecule has 138 valence electrons. The third kappa shape index (κ3) is 4.51. The summed E-state index contributed by atoms with van der Waals surface area (Å²) in [5.74, 6) is 1.34. The van der Waals surface area contributed by atoms with E-state index >= 15 is 0 Å². The van der Waals surface area contributed by atoms with Crippen molar-refractivity contribution in [3.8, 4) is 22.8 Å². The van der Waals surface area contributed by atoms with E-state index in [1.165, 1.54) is 0 Å². The Kier molecular flexibility index (Phi) is 5.24. The van der Waals surface area contributed by atoms with Crippen LogP contribution in [0, 0.1) is 6.92 Å². The number of aryl methyl sites for hydroxylation is 1. The van der Waals surface area contributed by atoms with Crippen molar-refractivity contribution in [1.29, 1.82) is 0 Å². The molecule has 1 N–H and O–H groups in total. The van der Waals surface area contributed by atoms with Crippen molar-refractivity contribution in [2.24, 2.45) is 0 Å². The van der Waals surface area contributed by atoms with Gasteiger partial charge < -0.3 is 10.1 Å². The highest BCUT2D eigenvalue weighted by Crippen LogP contribution is 2.23. The standard InChI is InChI=1S/C23H20N4O/c1-17-13-20(11-12-24-17)26-16-21-9-7-18(14-25-21)19-8-10-23(27-15-19)28-22-5-3-2-4-6-22/h2-15H,16H2,1H3,(H,24,26). The number of anilines is 1. The number of benzene rings is 1. The van der Waals surface area contributed by atoms with Crippen LogP contribution in [0.25, 0.3) is 11.1 Å². The van der Waals surface area contributed by atoms with Crippen LogP contribution in [0.1, 0.15) is 11.4 Å². The van der Waals surface area contributed by atoms with Gasteiger partial charge in [-0.15, -0.1) is 0 Å². The summed E-state index contributed by atoms with van der Waals surface area (Å²) in [5.41, 5.74) is 5.01. The zero-order valence-corrected chi connectivity index (χ0v) is 15.5. The summed E-state index contributed by atoms with van der Waals surface area (Å²) in [7, 11) is 0. The second kappa shape index (κ2) is 8.31. The molecule has 4 rings (SSSR count). The quantitative estimate of drug-likeness (QED) is 0.503. The number of hydrogen-bond acceptors (Lipinski definition) is 5. The first-order chi connectivity index (χ1) is 13.8. The summed E-state index contributed by atoms with van der Waals surface area (Å²) in [5, 5.41) is 3.36. The van der Waals surface area contributed by atoms with Crippen LogP contribution in [0.15, 0.2) is 85.3 Å². The topological polar surface area (TPSA) is 59.9 Å². The molecule has 0 saturated heterocycles. The summed E-state index contributed by atoms with van der Waals surface area (Å²) in [4.78, 5) is 13.1. The van der Waals surface area contributed by atoms with E-state index in [9.17, 15) is 0 Å². The number of rotatable bonds is 6. The van der Waals surface area contributed by atoms with Crippen molar-refractivity contribution in [3.05, 3.63) is 96.7 Å². The first-order valence-corrected chi connectivity index (χ1v) is 9.07. The van der Waals surface area contributed by atoms with E-state index in [1.54, 1.807) is 12.4 Å². The van der Waals surface area contributed by atoms with Crippen molar-refractivity contribution in [1.82, 2.24) is 15.0 Å². The molecule has 5 heteroatoms. The molecule has 0 saturated carbocycles. The lowest BCUT2D eigenvalue weighted by Crippen LogP contribution is -2.02. The Balaban J connectivity index is 1.39. The molecule has 28 heavy (non-hydrogen) atoms. The van der Waals surface area contributed by atoms with Gasteiger partial charge in [-0.1, -0.05) is 24.3 Å². The molecule has 0 radical (unpaired) electrons. The van der Waals surface area contributed by atoms with Gasteiger partial charge in [0.15, 0.2) is 0 Å². The van der Waals surface area contributed by atoms with Crippen LogP contribution in [0.4, 0.5) is 5.69 Å². The highest BCUT2D eigenvalue weighted by atomic mass is 16.5. The molecule has 4 aromatic rings. The van der Waals surface area contributed by atoms with Gasteiger partial charge in [-0.2, -0.15) is 0 Å². The van der Waals surface area contributed by atoms with Crippen LogP contribution in [0.2, 0.25) is 0 Å². The average molecular weight is 368 g/mol. The first kappa shape index (κ1) is 17.7. The Morgan fingerprint density at radius 2 is 1.61 bits per heavy atom. The molecule has 0 aliphatic carbocycles. The Morgan fingerprint density at radius 1 is 0.821 bits per heavy atom. The third-order valence-corrected chi connectivity index (χ3v) is 4.23. The number of nitrogens with zero attached hydrogens (tertiary/aromatic N) is 3. The molecule has 0 atom stereocenters. The zero-order chi connectivity index (χ0) is 19.2. The van der Waals surface area contributed by atoms with Crippen LogP contribution in [0.5, 0.6) is 11.6 Å². The van der Waals surface area contributed by atoms with Gasteiger partial charge in [-0.3, -0.25) is 9.97 Å². The fourth-order valence-corrected chi connectivity index (χ4v) is 2.77. The van der Waals surface area contributed by atoms with E-state index in [2.05, 4.69) is 26.3 Å². The van der Waals surface area contributed by atoms with Crippen LogP contribution in [-0.4, -0.2) is 15.0 Å². The third-order valence-electron chi connectivity index (χ3n) is 4.23. The maximum Gasteiger partial charge on any atom is 0.219 e. The summed E-state index contributed by atoms with van der Waals surface area (Å²) in [6.07, 6.45) is 5.46. The second-order valence-electron chi connectivity index (χ2n) is 6.38. The molecule has 3 aromatic heterocycles. The van der Waals surface area contributed by atoms with Gasteiger partial charge in [0.05, 0.1) is 12.2 Å². The molecule has 0 bridgehead atoms. The smallest absolute Gasteiger partial charge is 0.219 e. The lowest BCUT2D eigenvalue weighted by atomic mass is 10.1. The maximum absolute atomic E-state index is 5.73. The molecular weight excluding hydrogens is 348 g/mol. The fraction of sp³-hybridized carbons (Fsp3) is 0.0870. The van der Waals surface area contributed by atoms with Crippen molar-refractivity contribution in [3.63, 3.8) is 0 Å². The van der Waals surface area contributed by atoms with Crippen molar-refractivity contribution in [2.75, 3.05) is 5.32 Å². The van der Waals surface area contributed by atoms with E-state index in [-0.39, 0.29) is 0 Å². The number of ether oxygens (including phenoxy) is 1. The Bertz CT molecular complexity index is 1030. The molecule has 0 aliphatic heterocycles. The van der Waals surface area contributed by atoms with Crippen LogP contribution in [-0.2, 0) is 6.54 Å². The molecule has 3 heterocycles. The van der Waals surface area contributed by atoms with Crippen LogP contribution < -0.4 is 10.1 Å². The lowest BCUT2D eigenvalue weighted by molar-refractivity contribution is 0.463. The second-order valence-corrected chi connectivity index (χ2v) is 6.38. The summed E-state index contributed by atoms with van der Waals surface area (Å²) in [6.45, 7) is 2.63. The predicted octanol–water partition coefficient (Wildman–Crippen LogP) is 5.25. The van der Waals surface area contributed by atoms with Gasteiger partial charge in [0.25, 0.3) is 0 Å². The molecule has 0 spiro atoms. The SMILES string of the molecule is Cc1cc(NCc2ccc(-c3ccc(Oc4ccccc4)nc3)cn2)ccn1. The minimum absolute atomic E-state index is 0.566. The predicted molar refractivity (Wildman–Crippen MR) is 110 cm³/mol. The van der Waals surface area contributed by atoms with Gasteiger partial charge in [0.2, 0.25) is 5.88 Å². The fourth-order valence-electron chi connectivity index (χ4n) is 2.77. The van der Waals surface area contributed by atoms with Crippen molar-refractivity contribution < 1.29 is 4.74 Å². The highest BCUT2D eigenvalue weighted by molar-refractivity contribution is 5.61. The van der Waals surface area contributed by atoms with E-state index in [0.29, 0.717) is 12.4 Å². The lowest BCUT2D eigenvalue weighted by Gasteiger charge is -2.08. The van der Waals surface area contributed by atoms with Crippen molar-refractivity contribution >= 4 is 5.69 Å². The highest BCUT2D eigenvalue weighted by Gasteiger charge is 2.03. The van der Waals surface area contributed by atoms with E-state index in [4.69, 9.17) is 4.74 Å². The minimum Gasteiger partial charge on any atom is -0.439 e. The number of para-hydroxylation sites is 1. The normalized spacial score (nSPS) is 10.5. The Morgan fingerprint density at radius 3 is 2.29 bits per heavy atom. The zero-order valence-electron chi connectivity index (χ0n) is 15.5. The van der Waals surface area contributed by atoms with Gasteiger partial charge in [0, 0.05) is 47.2 Å². The Labute approximate surface area is 164 Å². The van der Waals surface area contributed by atoms with Crippen LogP contribution in [0.3, 0.4) is 0 Å². The van der Waals surface area contributed by atoms with Gasteiger partial charge in [-0.25, -0.2) is 4.98 Å². The minimum atomic E-state index is 0.566. The average Bonchev–Trinajstić information content (AvgIpc) is 2.74. The summed E-state index contributed by atoms with van der Waals surface area (Å²) in [6, 6.07) is 21.5. The molecule has 5 nitrogen and oxygen atoms in total. The van der Waals surface area contributed by atoms with Crippen LogP contribution >= 0.6 is 0 Å². The summed E-state index contributed by atoms with van der Waals surface area (Å²) >= 11 is 0. The molecule has 0 unspecified atom stereocenters. The van der Waals surface area contributed by atoms with E-state index in [0.717, 1.165) is 34.0 Å². The monoisotopic (exact) mass is 368 g/mol. The van der Waals surface area contributed by atoms with Gasteiger partial charge in [0.1, 0.15) is 5.75 Å². The van der Waals surface area contributed by atoms with E-state index < -0.39 is 0 Å². The van der Waals surface area contributed by atoms with Gasteiger partial charge >= 0.3 is 0 Å². The number of pyridine rings is 3. The van der Waals surface area contributed by atoms with Crippen molar-refractivity contribution in [2.45, 2.75) is 13.5 Å². The molecule has 0 aliphatic rings.